The summed E-state index contributed by atoms with van der Waals surface area (Å²) in [5.41, 5.74) is 15.2. The van der Waals surface area contributed by atoms with E-state index in [2.05, 4.69) is 48.5 Å². The highest BCUT2D eigenvalue weighted by Gasteiger charge is 2.21. The number of aliphatic carboxylic acids is 4. The van der Waals surface area contributed by atoms with Crippen molar-refractivity contribution in [3.63, 3.8) is 0 Å². The molecule has 0 bridgehead atoms. The van der Waals surface area contributed by atoms with Crippen molar-refractivity contribution in [1.82, 2.24) is 10.6 Å². The Labute approximate surface area is 217 Å². The average molecular weight is 564 g/mol. The molecule has 0 aliphatic carbocycles. The van der Waals surface area contributed by atoms with Crippen molar-refractivity contribution in [2.45, 2.75) is 43.4 Å². The van der Waals surface area contributed by atoms with Crippen molar-refractivity contribution in [3.8, 4) is 0 Å². The number of carboxylic acids is 4. The summed E-state index contributed by atoms with van der Waals surface area (Å²) in [5, 5.41) is 37.5. The summed E-state index contributed by atoms with van der Waals surface area (Å²) in [6, 6.07) is -3.71. The highest BCUT2D eigenvalue weighted by atomic mass is 32.1. The minimum Gasteiger partial charge on any atom is -0.480 e. The summed E-state index contributed by atoms with van der Waals surface area (Å²) < 4.78 is 0. The molecule has 12 N–H and O–H groups in total. The van der Waals surface area contributed by atoms with E-state index >= 15 is 0 Å². The molecule has 0 saturated heterocycles. The Balaban J connectivity index is -0.000000557. The van der Waals surface area contributed by atoms with E-state index in [1.165, 1.54) is 0 Å². The smallest absolute Gasteiger partial charge is 0.322 e. The Hall–Kier alpha value is -2.25. The molecule has 0 heterocycles. The first kappa shape index (κ1) is 37.3. The molecule has 0 saturated carbocycles. The van der Waals surface area contributed by atoms with Crippen LogP contribution in [0.5, 0.6) is 0 Å². The molecule has 0 aliphatic heterocycles. The Bertz CT molecular complexity index is 701. The van der Waals surface area contributed by atoms with Gasteiger partial charge in [-0.15, -0.1) is 0 Å². The van der Waals surface area contributed by atoms with Crippen LogP contribution in [0.3, 0.4) is 0 Å². The molecule has 18 heteroatoms. The molecule has 4 atom stereocenters. The van der Waals surface area contributed by atoms with Crippen LogP contribution >= 0.6 is 37.9 Å². The van der Waals surface area contributed by atoms with Crippen LogP contribution in [0.25, 0.3) is 0 Å². The van der Waals surface area contributed by atoms with Crippen LogP contribution < -0.4 is 27.8 Å². The monoisotopic (exact) mass is 563 g/mol. The second-order valence-corrected chi connectivity index (χ2v) is 7.66. The van der Waals surface area contributed by atoms with Crippen molar-refractivity contribution >= 4 is 73.6 Å². The van der Waals surface area contributed by atoms with Gasteiger partial charge in [0, 0.05) is 17.9 Å². The third-order valence-electron chi connectivity index (χ3n) is 3.52. The maximum atomic E-state index is 11.5. The van der Waals surface area contributed by atoms with Gasteiger partial charge in [-0.3, -0.25) is 28.8 Å². The maximum Gasteiger partial charge on any atom is 0.322 e. The van der Waals surface area contributed by atoms with Gasteiger partial charge in [0.05, 0.1) is 0 Å². The quantitative estimate of drug-likeness (QED) is 0.0930. The number of carboxylic acid groups (broad SMARTS) is 4. The van der Waals surface area contributed by atoms with Crippen molar-refractivity contribution in [2.24, 2.45) is 17.2 Å². The van der Waals surface area contributed by atoms with E-state index in [9.17, 15) is 28.8 Å². The van der Waals surface area contributed by atoms with Crippen molar-refractivity contribution in [3.05, 3.63) is 0 Å². The zero-order valence-corrected chi connectivity index (χ0v) is 21.3. The second kappa shape index (κ2) is 22.2. The van der Waals surface area contributed by atoms with Crippen LogP contribution in [0.2, 0.25) is 0 Å². The van der Waals surface area contributed by atoms with Crippen molar-refractivity contribution in [1.29, 1.82) is 0 Å². The Kier molecular flexibility index (Phi) is 23.7. The molecule has 0 spiro atoms. The number of carbonyl (C=O) groups is 6. The summed E-state index contributed by atoms with van der Waals surface area (Å²) >= 11 is 11.3. The predicted molar refractivity (Wildman–Crippen MR) is 135 cm³/mol. The van der Waals surface area contributed by atoms with Gasteiger partial charge in [-0.2, -0.15) is 37.9 Å². The topological polar surface area (TPSA) is 285 Å². The lowest BCUT2D eigenvalue weighted by molar-refractivity contribution is -0.139. The van der Waals surface area contributed by atoms with Crippen LogP contribution in [-0.4, -0.2) is 104 Å². The first-order valence-corrected chi connectivity index (χ1v) is 11.6. The zero-order chi connectivity index (χ0) is 28.1. The lowest BCUT2D eigenvalue weighted by atomic mass is 10.1. The van der Waals surface area contributed by atoms with Gasteiger partial charge < -0.3 is 48.3 Å². The van der Waals surface area contributed by atoms with Crippen LogP contribution in [0.4, 0.5) is 0 Å². The summed E-state index contributed by atoms with van der Waals surface area (Å²) in [6.45, 7) is -0.567. The standard InChI is InChI=1S/C10H17N3O6S.C4H9NO2S.C3H7NO2S/c11-5(10(18)19)1-2-7(14)13-6(4-20)9(17)12-3-8(15)16;5-3(1-2-8)4(6)7;4-2(1-7)3(5)6/h5-6,20H,1-4,11H2,(H,12,17)(H,13,14)(H,15,16)(H,18,19);3,8H,1-2,5H2,(H,6,7);2,7H,1,4H2,(H,5,6)/t5-,6-;3-;2-/m000/s1. The molecule has 15 nitrogen and oxygen atoms in total. The first-order chi connectivity index (χ1) is 16.1. The number of nitrogens with one attached hydrogen (secondary N) is 2. The Morgan fingerprint density at radius 1 is 0.714 bits per heavy atom. The summed E-state index contributed by atoms with van der Waals surface area (Å²) in [5.74, 6) is -4.96. The molecule has 0 fully saturated rings. The summed E-state index contributed by atoms with van der Waals surface area (Å²) in [6.07, 6.45) is 0.194. The van der Waals surface area contributed by atoms with Gasteiger partial charge in [0.25, 0.3) is 0 Å². The van der Waals surface area contributed by atoms with Crippen LogP contribution in [0.15, 0.2) is 0 Å². The van der Waals surface area contributed by atoms with E-state index in [-0.39, 0.29) is 24.3 Å². The fourth-order valence-corrected chi connectivity index (χ4v) is 2.19. The molecule has 0 aromatic carbocycles. The number of rotatable bonds is 14. The van der Waals surface area contributed by atoms with Crippen LogP contribution in [0.1, 0.15) is 19.3 Å². The van der Waals surface area contributed by atoms with E-state index in [0.29, 0.717) is 12.2 Å². The Morgan fingerprint density at radius 2 is 1.17 bits per heavy atom. The molecular formula is C17H33N5O10S3. The van der Waals surface area contributed by atoms with Gasteiger partial charge in [0.1, 0.15) is 30.7 Å². The second-order valence-electron chi connectivity index (χ2n) is 6.48. The Morgan fingerprint density at radius 3 is 1.46 bits per heavy atom. The van der Waals surface area contributed by atoms with E-state index < -0.39 is 66.4 Å². The fourth-order valence-electron chi connectivity index (χ4n) is 1.50. The van der Waals surface area contributed by atoms with Gasteiger partial charge in [-0.1, -0.05) is 0 Å². The van der Waals surface area contributed by atoms with Crippen molar-refractivity contribution < 1.29 is 49.2 Å². The summed E-state index contributed by atoms with van der Waals surface area (Å²) in [7, 11) is 0. The minimum absolute atomic E-state index is 0.0256. The van der Waals surface area contributed by atoms with E-state index in [4.69, 9.17) is 37.6 Å². The van der Waals surface area contributed by atoms with Gasteiger partial charge in [-0.05, 0) is 18.6 Å². The molecule has 2 amide bonds. The molecule has 0 rings (SSSR count). The molecule has 204 valence electrons. The largest absolute Gasteiger partial charge is 0.480 e. The SMILES string of the molecule is N[C@@H](CCC(=O)N[C@@H](CS)C(=O)NCC(=O)O)C(=O)O.N[C@@H](CCS)C(=O)O.N[C@@H](CS)C(=O)O. The zero-order valence-electron chi connectivity index (χ0n) is 18.6. The van der Waals surface area contributed by atoms with Crippen LogP contribution in [0, 0.1) is 0 Å². The number of carbonyl (C=O) groups excluding carboxylic acids is 2. The normalized spacial score (nSPS) is 13.2. The molecule has 0 radical (unpaired) electrons. The highest BCUT2D eigenvalue weighted by Crippen LogP contribution is 1.97. The van der Waals surface area contributed by atoms with Gasteiger partial charge >= 0.3 is 23.9 Å². The average Bonchev–Trinajstić information content (AvgIpc) is 2.79. The van der Waals surface area contributed by atoms with Crippen LogP contribution in [-0.2, 0) is 28.8 Å². The number of hydrogen-bond acceptors (Lipinski definition) is 12. The van der Waals surface area contributed by atoms with E-state index in [1.807, 2.05) is 0 Å². The molecule has 0 aliphatic rings. The molecule has 35 heavy (non-hydrogen) atoms. The molecule has 0 aromatic rings. The third-order valence-corrected chi connectivity index (χ3v) is 4.54. The first-order valence-electron chi connectivity index (χ1n) is 9.70. The maximum absolute atomic E-state index is 11.5. The summed E-state index contributed by atoms with van der Waals surface area (Å²) in [4.78, 5) is 63.4. The highest BCUT2D eigenvalue weighted by molar-refractivity contribution is 7.80. The third kappa shape index (κ3) is 23.3. The number of thiol groups is 3. The fraction of sp³-hybridized carbons (Fsp3) is 0.647. The molecule has 0 aromatic heterocycles. The lowest BCUT2D eigenvalue weighted by Crippen LogP contribution is -2.49. The van der Waals surface area contributed by atoms with Gasteiger partial charge in [0.15, 0.2) is 0 Å². The number of nitrogens with two attached hydrogens (primary N) is 3. The van der Waals surface area contributed by atoms with Crippen molar-refractivity contribution in [2.75, 3.05) is 23.8 Å². The molecular weight excluding hydrogens is 530 g/mol. The van der Waals surface area contributed by atoms with E-state index in [1.54, 1.807) is 0 Å². The number of hydrogen-bond donors (Lipinski definition) is 12. The lowest BCUT2D eigenvalue weighted by Gasteiger charge is -2.16. The van der Waals surface area contributed by atoms with E-state index in [0.717, 1.165) is 0 Å². The van der Waals surface area contributed by atoms with Gasteiger partial charge in [0.2, 0.25) is 11.8 Å². The number of amides is 2. The molecule has 0 unspecified atom stereocenters. The predicted octanol–water partition coefficient (Wildman–Crippen LogP) is -3.16. The minimum atomic E-state index is -1.22. The van der Waals surface area contributed by atoms with Gasteiger partial charge in [-0.25, -0.2) is 0 Å².